The molecule has 0 unspecified atom stereocenters. The number of rotatable bonds is 4. The van der Waals surface area contributed by atoms with Crippen molar-refractivity contribution in [2.24, 2.45) is 5.73 Å². The number of hydrogen-bond acceptors (Lipinski definition) is 5. The molecule has 148 valence electrons. The molecule has 1 aliphatic heterocycles. The Morgan fingerprint density at radius 1 is 1.36 bits per heavy atom. The Kier molecular flexibility index (Phi) is 5.02. The average molecular weight is 381 g/mol. The lowest BCUT2D eigenvalue weighted by atomic mass is 9.76. The number of aromatic amines is 1. The number of carbonyl (C=O) groups is 1. The summed E-state index contributed by atoms with van der Waals surface area (Å²) < 4.78 is 0. The molecule has 1 aliphatic carbocycles. The number of hydrogen-bond donors (Lipinski definition) is 2. The maximum absolute atomic E-state index is 12.7. The lowest BCUT2D eigenvalue weighted by molar-refractivity contribution is -0.134. The van der Waals surface area contributed by atoms with Crippen LogP contribution >= 0.6 is 0 Å². The van der Waals surface area contributed by atoms with E-state index in [4.69, 9.17) is 10.7 Å². The van der Waals surface area contributed by atoms with E-state index in [1.165, 1.54) is 0 Å². The molecule has 3 heterocycles. The van der Waals surface area contributed by atoms with Gasteiger partial charge in [-0.05, 0) is 44.2 Å². The van der Waals surface area contributed by atoms with Crippen LogP contribution in [0.25, 0.3) is 11.4 Å². The fourth-order valence-corrected chi connectivity index (χ4v) is 4.60. The van der Waals surface area contributed by atoms with Gasteiger partial charge in [0, 0.05) is 42.0 Å². The number of piperidine rings is 1. The number of H-pyrrole nitrogens is 1. The number of aromatic nitrogens is 3. The van der Waals surface area contributed by atoms with Gasteiger partial charge in [0.2, 0.25) is 5.91 Å². The highest BCUT2D eigenvalue weighted by Crippen LogP contribution is 2.44. The van der Waals surface area contributed by atoms with Crippen LogP contribution < -0.4 is 11.3 Å². The number of likely N-dealkylation sites (tertiary alicyclic amines) is 1. The summed E-state index contributed by atoms with van der Waals surface area (Å²) in [6.45, 7) is 3.38. The summed E-state index contributed by atoms with van der Waals surface area (Å²) in [5, 5.41) is 0. The maximum Gasteiger partial charge on any atom is 0.254 e. The molecule has 7 heteroatoms. The van der Waals surface area contributed by atoms with Crippen molar-refractivity contribution in [1.82, 2.24) is 19.9 Å². The molecule has 0 radical (unpaired) electrons. The topological polar surface area (TPSA) is 105 Å². The quantitative estimate of drug-likeness (QED) is 0.840. The monoisotopic (exact) mass is 381 g/mol. The van der Waals surface area contributed by atoms with E-state index in [1.54, 1.807) is 12.4 Å². The number of nitrogens with two attached hydrogens (primary N) is 1. The minimum Gasteiger partial charge on any atom is -0.341 e. The van der Waals surface area contributed by atoms with E-state index in [9.17, 15) is 9.59 Å². The molecular weight excluding hydrogens is 354 g/mol. The van der Waals surface area contributed by atoms with Crippen molar-refractivity contribution in [1.29, 1.82) is 0 Å². The first-order chi connectivity index (χ1) is 13.5. The molecule has 2 aromatic heterocycles. The van der Waals surface area contributed by atoms with Gasteiger partial charge in [-0.15, -0.1) is 0 Å². The summed E-state index contributed by atoms with van der Waals surface area (Å²) in [4.78, 5) is 39.0. The zero-order valence-corrected chi connectivity index (χ0v) is 16.3. The van der Waals surface area contributed by atoms with Crippen LogP contribution in [0.2, 0.25) is 0 Å². The van der Waals surface area contributed by atoms with Crippen LogP contribution in [0.4, 0.5) is 0 Å². The Hall–Kier alpha value is -2.54. The van der Waals surface area contributed by atoms with Gasteiger partial charge in [0.1, 0.15) is 5.82 Å². The van der Waals surface area contributed by atoms with Gasteiger partial charge in [-0.2, -0.15) is 0 Å². The first kappa shape index (κ1) is 18.8. The predicted octanol–water partition coefficient (Wildman–Crippen LogP) is 1.77. The lowest BCUT2D eigenvalue weighted by Gasteiger charge is -2.40. The molecule has 0 aromatic carbocycles. The molecule has 0 bridgehead atoms. The highest BCUT2D eigenvalue weighted by atomic mass is 16.2. The molecule has 2 aromatic rings. The summed E-state index contributed by atoms with van der Waals surface area (Å²) in [5.74, 6) is 0.617. The molecular formula is C21H27N5O2. The van der Waals surface area contributed by atoms with Gasteiger partial charge >= 0.3 is 0 Å². The molecule has 28 heavy (non-hydrogen) atoms. The summed E-state index contributed by atoms with van der Waals surface area (Å²) in [7, 11) is 0. The third kappa shape index (κ3) is 3.24. The molecule has 2 aliphatic rings. The van der Waals surface area contributed by atoms with Crippen molar-refractivity contribution in [3.05, 3.63) is 46.1 Å². The summed E-state index contributed by atoms with van der Waals surface area (Å²) in [6.07, 6.45) is 8.35. The summed E-state index contributed by atoms with van der Waals surface area (Å²) in [5.41, 5.74) is 8.38. The van der Waals surface area contributed by atoms with Crippen LogP contribution in [0, 0.1) is 0 Å². The maximum atomic E-state index is 12.7. The minimum atomic E-state index is -0.409. The van der Waals surface area contributed by atoms with Crippen molar-refractivity contribution in [2.75, 3.05) is 13.1 Å². The predicted molar refractivity (Wildman–Crippen MR) is 107 cm³/mol. The zero-order valence-electron chi connectivity index (χ0n) is 16.3. The molecule has 4 rings (SSSR count). The van der Waals surface area contributed by atoms with E-state index < -0.39 is 6.04 Å². The van der Waals surface area contributed by atoms with Crippen LogP contribution in [-0.4, -0.2) is 44.9 Å². The number of pyridine rings is 1. The Morgan fingerprint density at radius 2 is 2.14 bits per heavy atom. The zero-order chi connectivity index (χ0) is 19.7. The van der Waals surface area contributed by atoms with Gasteiger partial charge in [-0.1, -0.05) is 13.3 Å². The number of carbonyl (C=O) groups excluding carboxylic acids is 1. The van der Waals surface area contributed by atoms with Crippen LogP contribution in [0.15, 0.2) is 29.3 Å². The smallest absolute Gasteiger partial charge is 0.254 e. The Balaban J connectivity index is 1.59. The Labute approximate surface area is 164 Å². The van der Waals surface area contributed by atoms with Crippen molar-refractivity contribution in [3.8, 4) is 11.4 Å². The van der Waals surface area contributed by atoms with Crippen LogP contribution in [-0.2, 0) is 16.6 Å². The molecule has 1 saturated heterocycles. The molecule has 1 spiro atoms. The van der Waals surface area contributed by atoms with E-state index in [0.29, 0.717) is 25.3 Å². The number of fused-ring (bicyclic) bond motifs is 2. The molecule has 1 fully saturated rings. The van der Waals surface area contributed by atoms with Gasteiger partial charge in [-0.3, -0.25) is 14.6 Å². The van der Waals surface area contributed by atoms with Gasteiger partial charge < -0.3 is 15.6 Å². The minimum absolute atomic E-state index is 0.0461. The highest BCUT2D eigenvalue weighted by molar-refractivity contribution is 5.81. The van der Waals surface area contributed by atoms with E-state index in [2.05, 4.69) is 9.97 Å². The highest BCUT2D eigenvalue weighted by Gasteiger charge is 2.45. The third-order valence-electron chi connectivity index (χ3n) is 6.26. The average Bonchev–Trinajstić information content (AvgIpc) is 3.07. The Morgan fingerprint density at radius 3 is 2.82 bits per heavy atom. The molecule has 1 amide bonds. The summed E-state index contributed by atoms with van der Waals surface area (Å²) in [6, 6.07) is 3.32. The van der Waals surface area contributed by atoms with E-state index in [-0.39, 0.29) is 16.9 Å². The Bertz CT molecular complexity index is 916. The van der Waals surface area contributed by atoms with E-state index in [1.807, 2.05) is 24.0 Å². The second kappa shape index (κ2) is 7.47. The second-order valence-corrected chi connectivity index (χ2v) is 7.98. The van der Waals surface area contributed by atoms with Crippen LogP contribution in [0.3, 0.4) is 0 Å². The first-order valence-electron chi connectivity index (χ1n) is 10.1. The lowest BCUT2D eigenvalue weighted by Crippen LogP contribution is -2.50. The van der Waals surface area contributed by atoms with Crippen molar-refractivity contribution in [3.63, 3.8) is 0 Å². The fraction of sp³-hybridized carbons (Fsp3) is 0.524. The number of amides is 1. The SMILES string of the molecule is CCC[C@H](N)C(=O)N1CCC2(CCc3c2nc(-c2cccnc2)[nH]c3=O)CC1. The molecule has 0 saturated carbocycles. The van der Waals surface area contributed by atoms with Gasteiger partial charge in [0.25, 0.3) is 5.56 Å². The van der Waals surface area contributed by atoms with Crippen molar-refractivity contribution < 1.29 is 4.79 Å². The normalized spacial score (nSPS) is 18.9. The van der Waals surface area contributed by atoms with Crippen LogP contribution in [0.5, 0.6) is 0 Å². The van der Waals surface area contributed by atoms with Crippen molar-refractivity contribution >= 4 is 5.91 Å². The standard InChI is InChI=1S/C21H27N5O2/c1-2-4-16(22)20(28)26-11-8-21(9-12-26)7-6-15-17(21)24-18(25-19(15)27)14-5-3-10-23-13-14/h3,5,10,13,16H,2,4,6-9,11-12,22H2,1H3,(H,24,25,27)/t16-/m0/s1. The number of nitrogens with one attached hydrogen (secondary N) is 1. The molecule has 3 N–H and O–H groups in total. The second-order valence-electron chi connectivity index (χ2n) is 7.98. The fourth-order valence-electron chi connectivity index (χ4n) is 4.60. The van der Waals surface area contributed by atoms with Crippen molar-refractivity contribution in [2.45, 2.75) is 56.9 Å². The van der Waals surface area contributed by atoms with E-state index in [0.717, 1.165) is 48.9 Å². The molecule has 7 nitrogen and oxygen atoms in total. The molecule has 1 atom stereocenters. The van der Waals surface area contributed by atoms with E-state index >= 15 is 0 Å². The third-order valence-corrected chi connectivity index (χ3v) is 6.26. The van der Waals surface area contributed by atoms with Gasteiger partial charge in [0.15, 0.2) is 0 Å². The number of nitrogens with zero attached hydrogens (tertiary/aromatic N) is 3. The first-order valence-corrected chi connectivity index (χ1v) is 10.1. The van der Waals surface area contributed by atoms with Crippen LogP contribution in [0.1, 0.15) is 50.3 Å². The van der Waals surface area contributed by atoms with Gasteiger partial charge in [-0.25, -0.2) is 4.98 Å². The summed E-state index contributed by atoms with van der Waals surface area (Å²) >= 11 is 0. The largest absolute Gasteiger partial charge is 0.341 e. The van der Waals surface area contributed by atoms with Gasteiger partial charge in [0.05, 0.1) is 11.7 Å².